The molecule has 1 aromatic rings. The predicted molar refractivity (Wildman–Crippen MR) is 56.0 cm³/mol. The first kappa shape index (κ1) is 10.1. The van der Waals surface area contributed by atoms with Crippen LogP contribution in [0.5, 0.6) is 0 Å². The van der Waals surface area contributed by atoms with E-state index in [1.807, 2.05) is 13.0 Å². The average Bonchev–Trinajstić information content (AvgIpc) is 2.99. The quantitative estimate of drug-likeness (QED) is 0.807. The smallest absolute Gasteiger partial charge is 0.230 e. The highest BCUT2D eigenvalue weighted by molar-refractivity contribution is 5.91. The lowest BCUT2D eigenvalue weighted by Gasteiger charge is -2.14. The van der Waals surface area contributed by atoms with E-state index in [4.69, 9.17) is 0 Å². The Labute approximate surface area is 88.5 Å². The number of carbonyl (C=O) groups excluding carboxylic acids is 1. The fourth-order valence-corrected chi connectivity index (χ4v) is 1.89. The van der Waals surface area contributed by atoms with Gasteiger partial charge in [0.05, 0.1) is 5.41 Å². The first-order chi connectivity index (χ1) is 7.19. The molecule has 1 N–H and O–H groups in total. The van der Waals surface area contributed by atoms with Crippen molar-refractivity contribution in [3.05, 3.63) is 35.6 Å². The molecule has 1 aliphatic carbocycles. The second-order valence-electron chi connectivity index (χ2n) is 3.95. The molecule has 2 rings (SSSR count). The summed E-state index contributed by atoms with van der Waals surface area (Å²) in [5.41, 5.74) is 0.353. The Morgan fingerprint density at radius 3 is 2.80 bits per heavy atom. The van der Waals surface area contributed by atoms with Crippen molar-refractivity contribution < 1.29 is 9.18 Å². The van der Waals surface area contributed by atoms with Crippen LogP contribution >= 0.6 is 0 Å². The van der Waals surface area contributed by atoms with E-state index in [1.165, 1.54) is 12.1 Å². The topological polar surface area (TPSA) is 29.1 Å². The monoisotopic (exact) mass is 207 g/mol. The summed E-state index contributed by atoms with van der Waals surface area (Å²) in [5.74, 6) is -0.251. The molecule has 0 atom stereocenters. The number of benzene rings is 1. The lowest BCUT2D eigenvalue weighted by Crippen LogP contribution is -2.34. The van der Waals surface area contributed by atoms with Gasteiger partial charge >= 0.3 is 0 Å². The maximum absolute atomic E-state index is 13.0. The first-order valence-electron chi connectivity index (χ1n) is 5.23. The van der Waals surface area contributed by atoms with Crippen molar-refractivity contribution in [3.63, 3.8) is 0 Å². The fourth-order valence-electron chi connectivity index (χ4n) is 1.89. The zero-order valence-electron chi connectivity index (χ0n) is 8.72. The molecule has 1 aromatic carbocycles. The van der Waals surface area contributed by atoms with Gasteiger partial charge in [-0.15, -0.1) is 0 Å². The Morgan fingerprint density at radius 2 is 2.27 bits per heavy atom. The summed E-state index contributed by atoms with van der Waals surface area (Å²) in [5, 5.41) is 2.80. The Kier molecular flexibility index (Phi) is 2.47. The molecular formula is C12H14FNO. The van der Waals surface area contributed by atoms with Gasteiger partial charge in [-0.2, -0.15) is 0 Å². The lowest BCUT2D eigenvalue weighted by atomic mass is 9.95. The number of carbonyl (C=O) groups is 1. The largest absolute Gasteiger partial charge is 0.356 e. The molecule has 1 saturated carbocycles. The van der Waals surface area contributed by atoms with Crippen molar-refractivity contribution in [1.82, 2.24) is 5.32 Å². The molecule has 3 heteroatoms. The molecule has 1 amide bonds. The summed E-state index contributed by atoms with van der Waals surface area (Å²) in [6.45, 7) is 2.51. The molecule has 0 spiro atoms. The number of likely N-dealkylation sites (N-methyl/N-ethyl adjacent to an activating group) is 1. The number of hydrogen-bond acceptors (Lipinski definition) is 1. The normalized spacial score (nSPS) is 17.2. The highest BCUT2D eigenvalue weighted by Gasteiger charge is 2.51. The molecule has 0 aliphatic heterocycles. The van der Waals surface area contributed by atoms with Crippen LogP contribution in [0.15, 0.2) is 24.3 Å². The summed E-state index contributed by atoms with van der Waals surface area (Å²) < 4.78 is 13.0. The fraction of sp³-hybridized carbons (Fsp3) is 0.417. The van der Waals surface area contributed by atoms with E-state index in [0.29, 0.717) is 6.54 Å². The van der Waals surface area contributed by atoms with E-state index in [9.17, 15) is 9.18 Å². The van der Waals surface area contributed by atoms with Crippen molar-refractivity contribution in [2.24, 2.45) is 0 Å². The molecule has 0 radical (unpaired) electrons. The van der Waals surface area contributed by atoms with Crippen molar-refractivity contribution >= 4 is 5.91 Å². The Hall–Kier alpha value is -1.38. The second kappa shape index (κ2) is 3.65. The van der Waals surface area contributed by atoms with Gasteiger partial charge in [0.1, 0.15) is 5.82 Å². The van der Waals surface area contributed by atoms with Crippen LogP contribution < -0.4 is 5.32 Å². The summed E-state index contributed by atoms with van der Waals surface area (Å²) in [7, 11) is 0. The van der Waals surface area contributed by atoms with Gasteiger partial charge in [0.25, 0.3) is 0 Å². The van der Waals surface area contributed by atoms with E-state index in [-0.39, 0.29) is 11.7 Å². The third kappa shape index (κ3) is 1.74. The van der Waals surface area contributed by atoms with Crippen molar-refractivity contribution in [1.29, 1.82) is 0 Å². The predicted octanol–water partition coefficient (Wildman–Crippen LogP) is 1.99. The summed E-state index contributed by atoms with van der Waals surface area (Å²) >= 11 is 0. The third-order valence-electron chi connectivity index (χ3n) is 2.90. The van der Waals surface area contributed by atoms with Gasteiger partial charge in [-0.25, -0.2) is 4.39 Å². The molecule has 2 nitrogen and oxygen atoms in total. The molecule has 0 saturated heterocycles. The number of amides is 1. The third-order valence-corrected chi connectivity index (χ3v) is 2.90. The van der Waals surface area contributed by atoms with Crippen LogP contribution in [-0.4, -0.2) is 12.5 Å². The lowest BCUT2D eigenvalue weighted by molar-refractivity contribution is -0.123. The zero-order valence-corrected chi connectivity index (χ0v) is 8.72. The summed E-state index contributed by atoms with van der Waals surface area (Å²) in [4.78, 5) is 11.8. The maximum Gasteiger partial charge on any atom is 0.230 e. The Bertz CT molecular complexity index is 385. The number of halogens is 1. The van der Waals surface area contributed by atoms with E-state index >= 15 is 0 Å². The molecule has 1 fully saturated rings. The average molecular weight is 207 g/mol. The highest BCUT2D eigenvalue weighted by atomic mass is 19.1. The van der Waals surface area contributed by atoms with Crippen LogP contribution in [0.1, 0.15) is 25.3 Å². The van der Waals surface area contributed by atoms with Crippen LogP contribution in [0, 0.1) is 5.82 Å². The van der Waals surface area contributed by atoms with Gasteiger partial charge in [0.15, 0.2) is 0 Å². The summed E-state index contributed by atoms with van der Waals surface area (Å²) in [6, 6.07) is 6.34. The van der Waals surface area contributed by atoms with Gasteiger partial charge in [-0.1, -0.05) is 12.1 Å². The highest BCUT2D eigenvalue weighted by Crippen LogP contribution is 2.48. The summed E-state index contributed by atoms with van der Waals surface area (Å²) in [6.07, 6.45) is 1.64. The number of hydrogen-bond donors (Lipinski definition) is 1. The van der Waals surface area contributed by atoms with Crippen LogP contribution in [0.3, 0.4) is 0 Å². The van der Waals surface area contributed by atoms with E-state index < -0.39 is 5.41 Å². The maximum atomic E-state index is 13.0. The van der Waals surface area contributed by atoms with Crippen LogP contribution in [0.2, 0.25) is 0 Å². The molecule has 1 aliphatic rings. The standard InChI is InChI=1S/C12H14FNO/c1-2-14-11(15)12(6-7-12)9-4-3-5-10(13)8-9/h3-5,8H,2,6-7H2,1H3,(H,14,15). The van der Waals surface area contributed by atoms with Crippen LogP contribution in [0.25, 0.3) is 0 Å². The van der Waals surface area contributed by atoms with Crippen molar-refractivity contribution in [2.75, 3.05) is 6.54 Å². The van der Waals surface area contributed by atoms with Crippen LogP contribution in [-0.2, 0) is 10.2 Å². The molecule has 15 heavy (non-hydrogen) atoms. The van der Waals surface area contributed by atoms with E-state index in [1.54, 1.807) is 6.07 Å². The minimum absolute atomic E-state index is 0.0237. The Balaban J connectivity index is 2.26. The van der Waals surface area contributed by atoms with Crippen LogP contribution in [0.4, 0.5) is 4.39 Å². The van der Waals surface area contributed by atoms with Gasteiger partial charge < -0.3 is 5.32 Å². The van der Waals surface area contributed by atoms with E-state index in [2.05, 4.69) is 5.32 Å². The number of nitrogens with one attached hydrogen (secondary N) is 1. The molecule has 0 aromatic heterocycles. The Morgan fingerprint density at radius 1 is 1.53 bits per heavy atom. The van der Waals surface area contributed by atoms with Gasteiger partial charge in [0.2, 0.25) is 5.91 Å². The van der Waals surface area contributed by atoms with Gasteiger partial charge in [0, 0.05) is 6.54 Å². The first-order valence-corrected chi connectivity index (χ1v) is 5.23. The molecule has 0 unspecified atom stereocenters. The molecular weight excluding hydrogens is 193 g/mol. The molecule has 0 bridgehead atoms. The van der Waals surface area contributed by atoms with Crippen molar-refractivity contribution in [3.8, 4) is 0 Å². The van der Waals surface area contributed by atoms with Gasteiger partial charge in [-0.3, -0.25) is 4.79 Å². The zero-order chi connectivity index (χ0) is 10.9. The van der Waals surface area contributed by atoms with Gasteiger partial charge in [-0.05, 0) is 37.5 Å². The van der Waals surface area contributed by atoms with Crippen molar-refractivity contribution in [2.45, 2.75) is 25.2 Å². The molecule has 0 heterocycles. The minimum atomic E-state index is -0.446. The molecule has 80 valence electrons. The minimum Gasteiger partial charge on any atom is -0.356 e. The second-order valence-corrected chi connectivity index (χ2v) is 3.95. The number of rotatable bonds is 3. The van der Waals surface area contributed by atoms with E-state index in [0.717, 1.165) is 18.4 Å². The SMILES string of the molecule is CCNC(=O)C1(c2cccc(F)c2)CC1.